The summed E-state index contributed by atoms with van der Waals surface area (Å²) in [5, 5.41) is 0. The number of ether oxygens (including phenoxy) is 2. The van der Waals surface area contributed by atoms with Crippen LogP contribution in [0, 0.1) is 0 Å². The van der Waals surface area contributed by atoms with E-state index in [1.165, 1.54) is 141 Å². The van der Waals surface area contributed by atoms with Crippen molar-refractivity contribution in [2.75, 3.05) is 13.2 Å². The average Bonchev–Trinajstić information content (AvgIpc) is 3.18. The van der Waals surface area contributed by atoms with Crippen molar-refractivity contribution in [3.63, 3.8) is 0 Å². The normalized spacial score (nSPS) is 12.7. The van der Waals surface area contributed by atoms with Crippen molar-refractivity contribution in [1.29, 1.82) is 0 Å². The second-order valence-corrected chi connectivity index (χ2v) is 17.3. The van der Waals surface area contributed by atoms with E-state index in [0.717, 1.165) is 57.8 Å². The molecule has 1 atom stereocenters. The molecule has 0 amide bonds. The van der Waals surface area contributed by atoms with Gasteiger partial charge in [0.2, 0.25) is 0 Å². The van der Waals surface area contributed by atoms with Gasteiger partial charge in [0.1, 0.15) is 6.61 Å². The molecule has 0 fully saturated rings. The number of esters is 2. The summed E-state index contributed by atoms with van der Waals surface area (Å²) in [7, 11) is -4.76. The van der Waals surface area contributed by atoms with Crippen LogP contribution in [0.25, 0.3) is 0 Å². The van der Waals surface area contributed by atoms with E-state index in [2.05, 4.69) is 54.8 Å². The summed E-state index contributed by atoms with van der Waals surface area (Å²) in [5.74, 6) is -0.900. The SMILES string of the molecule is CCCCC/C=C/C/C=C/C/C=C/CCCCCCC(=O)OC[C@H](COP(=O)(O)O)OC(=O)CCCCCCCCCCCCCCCCCCCCCCCC. The molecule has 0 aliphatic rings. The number of hydrogen-bond acceptors (Lipinski definition) is 6. The summed E-state index contributed by atoms with van der Waals surface area (Å²) < 4.78 is 26.5. The molecule has 0 saturated carbocycles. The molecule has 0 aliphatic carbocycles. The molecule has 0 unspecified atom stereocenters. The largest absolute Gasteiger partial charge is 0.469 e. The van der Waals surface area contributed by atoms with Crippen LogP contribution < -0.4 is 0 Å². The molecule has 0 spiro atoms. The van der Waals surface area contributed by atoms with Crippen molar-refractivity contribution in [2.24, 2.45) is 0 Å². The number of allylic oxidation sites excluding steroid dienone is 6. The molecule has 334 valence electrons. The van der Waals surface area contributed by atoms with Gasteiger partial charge < -0.3 is 19.3 Å². The number of carbonyl (C=O) groups is 2. The molecule has 0 aromatic heterocycles. The third-order valence-corrected chi connectivity index (χ3v) is 10.9. The van der Waals surface area contributed by atoms with E-state index in [-0.39, 0.29) is 19.4 Å². The standard InChI is InChI=1S/C48H89O8P/c1-3-5-7-9-11-13-15-17-19-21-22-23-24-25-27-29-31-33-35-37-39-41-43-48(50)56-46(45-55-57(51,52)53)44-54-47(49)42-40-38-36-34-32-30-28-26-20-18-16-14-12-10-8-6-4-2/h12,14,18,20,28,30,46H,3-11,13,15-17,19,21-27,29,31-45H2,1-2H3,(H2,51,52,53)/b14-12+,20-18+,30-28+/t46-/m1/s1. The first-order valence-electron chi connectivity index (χ1n) is 23.8. The fraction of sp³-hybridized carbons (Fsp3) is 0.833. The Morgan fingerprint density at radius 3 is 1.21 bits per heavy atom. The van der Waals surface area contributed by atoms with E-state index < -0.39 is 32.5 Å². The number of carbonyl (C=O) groups excluding carboxylic acids is 2. The third-order valence-electron chi connectivity index (χ3n) is 10.4. The first kappa shape index (κ1) is 55.3. The maximum Gasteiger partial charge on any atom is 0.469 e. The maximum absolute atomic E-state index is 12.5. The van der Waals surface area contributed by atoms with E-state index in [9.17, 15) is 14.2 Å². The van der Waals surface area contributed by atoms with Crippen LogP contribution in [0.2, 0.25) is 0 Å². The van der Waals surface area contributed by atoms with Gasteiger partial charge in [0.15, 0.2) is 6.10 Å². The van der Waals surface area contributed by atoms with E-state index in [0.29, 0.717) is 12.8 Å². The summed E-state index contributed by atoms with van der Waals surface area (Å²) in [5.41, 5.74) is 0. The fourth-order valence-corrected chi connectivity index (χ4v) is 7.21. The Labute approximate surface area is 351 Å². The Morgan fingerprint density at radius 2 is 0.789 bits per heavy atom. The highest BCUT2D eigenvalue weighted by Gasteiger charge is 2.23. The zero-order valence-corrected chi connectivity index (χ0v) is 37.9. The molecule has 57 heavy (non-hydrogen) atoms. The van der Waals surface area contributed by atoms with Crippen molar-refractivity contribution < 1.29 is 37.9 Å². The van der Waals surface area contributed by atoms with Crippen molar-refractivity contribution in [3.8, 4) is 0 Å². The van der Waals surface area contributed by atoms with Gasteiger partial charge in [-0.1, -0.05) is 211 Å². The molecule has 0 rings (SSSR count). The predicted octanol–water partition coefficient (Wildman–Crippen LogP) is 14.9. The van der Waals surface area contributed by atoms with Crippen LogP contribution in [0.5, 0.6) is 0 Å². The molecule has 0 radical (unpaired) electrons. The summed E-state index contributed by atoms with van der Waals surface area (Å²) >= 11 is 0. The number of rotatable bonds is 44. The van der Waals surface area contributed by atoms with Crippen LogP contribution in [0.3, 0.4) is 0 Å². The summed E-state index contributed by atoms with van der Waals surface area (Å²) in [4.78, 5) is 43.0. The van der Waals surface area contributed by atoms with Gasteiger partial charge in [0.25, 0.3) is 0 Å². The Balaban J connectivity index is 3.85. The smallest absolute Gasteiger partial charge is 0.462 e. The monoisotopic (exact) mass is 825 g/mol. The maximum atomic E-state index is 12.5. The fourth-order valence-electron chi connectivity index (χ4n) is 6.85. The van der Waals surface area contributed by atoms with E-state index in [4.69, 9.17) is 19.3 Å². The van der Waals surface area contributed by atoms with Crippen molar-refractivity contribution in [1.82, 2.24) is 0 Å². The third kappa shape index (κ3) is 46.8. The van der Waals surface area contributed by atoms with Gasteiger partial charge in [0, 0.05) is 12.8 Å². The Kier molecular flexibility index (Phi) is 42.5. The lowest BCUT2D eigenvalue weighted by Gasteiger charge is -2.18. The Morgan fingerprint density at radius 1 is 0.456 bits per heavy atom. The van der Waals surface area contributed by atoms with Gasteiger partial charge >= 0.3 is 19.8 Å². The van der Waals surface area contributed by atoms with Crippen LogP contribution in [-0.4, -0.2) is 41.0 Å². The lowest BCUT2D eigenvalue weighted by molar-refractivity contribution is -0.161. The average molecular weight is 825 g/mol. The molecule has 0 saturated heterocycles. The number of hydrogen-bond donors (Lipinski definition) is 2. The predicted molar refractivity (Wildman–Crippen MR) is 239 cm³/mol. The molecule has 9 heteroatoms. The summed E-state index contributed by atoms with van der Waals surface area (Å²) in [6, 6.07) is 0. The Bertz CT molecular complexity index is 1020. The minimum atomic E-state index is -4.76. The molecular weight excluding hydrogens is 735 g/mol. The number of phosphoric acid groups is 1. The molecular formula is C48H89O8P. The van der Waals surface area contributed by atoms with Crippen molar-refractivity contribution >= 4 is 19.8 Å². The highest BCUT2D eigenvalue weighted by molar-refractivity contribution is 7.46. The highest BCUT2D eigenvalue weighted by atomic mass is 31.2. The van der Waals surface area contributed by atoms with E-state index in [1.807, 2.05) is 0 Å². The van der Waals surface area contributed by atoms with Gasteiger partial charge in [-0.25, -0.2) is 4.57 Å². The molecule has 0 aliphatic heterocycles. The molecule has 0 heterocycles. The topological polar surface area (TPSA) is 119 Å². The zero-order chi connectivity index (χ0) is 41.8. The lowest BCUT2D eigenvalue weighted by Crippen LogP contribution is -2.29. The van der Waals surface area contributed by atoms with Crippen LogP contribution in [0.1, 0.15) is 239 Å². The molecule has 2 N–H and O–H groups in total. The van der Waals surface area contributed by atoms with Crippen molar-refractivity contribution in [3.05, 3.63) is 36.5 Å². The van der Waals surface area contributed by atoms with E-state index in [1.54, 1.807) is 0 Å². The first-order valence-corrected chi connectivity index (χ1v) is 25.3. The number of unbranched alkanes of at least 4 members (excludes halogenated alkanes) is 28. The second kappa shape index (κ2) is 43.8. The molecule has 8 nitrogen and oxygen atoms in total. The first-order chi connectivity index (χ1) is 27.8. The van der Waals surface area contributed by atoms with E-state index >= 15 is 0 Å². The second-order valence-electron chi connectivity index (χ2n) is 16.1. The summed E-state index contributed by atoms with van der Waals surface area (Å²) in [6.45, 7) is 3.67. The highest BCUT2D eigenvalue weighted by Crippen LogP contribution is 2.36. The zero-order valence-electron chi connectivity index (χ0n) is 37.0. The van der Waals surface area contributed by atoms with Gasteiger partial charge in [-0.2, -0.15) is 0 Å². The van der Waals surface area contributed by atoms with Gasteiger partial charge in [-0.3, -0.25) is 14.1 Å². The lowest BCUT2D eigenvalue weighted by atomic mass is 10.0. The van der Waals surface area contributed by atoms with Crippen LogP contribution in [0.4, 0.5) is 0 Å². The molecule has 0 aromatic rings. The quantitative estimate of drug-likeness (QED) is 0.0270. The van der Waals surface area contributed by atoms with Crippen molar-refractivity contribution in [2.45, 2.75) is 245 Å². The van der Waals surface area contributed by atoms with Gasteiger partial charge in [-0.05, 0) is 51.4 Å². The summed E-state index contributed by atoms with van der Waals surface area (Å²) in [6.07, 6.45) is 53.0. The minimum Gasteiger partial charge on any atom is -0.462 e. The minimum absolute atomic E-state index is 0.211. The van der Waals surface area contributed by atoms with Crippen LogP contribution >= 0.6 is 7.82 Å². The van der Waals surface area contributed by atoms with Crippen LogP contribution in [-0.2, 0) is 28.2 Å². The number of phosphoric ester groups is 1. The van der Waals surface area contributed by atoms with Gasteiger partial charge in [-0.15, -0.1) is 0 Å². The Hall–Kier alpha value is -1.73. The molecule has 0 aromatic carbocycles. The van der Waals surface area contributed by atoms with Crippen LogP contribution in [0.15, 0.2) is 36.5 Å². The molecule has 0 bridgehead atoms. The van der Waals surface area contributed by atoms with Gasteiger partial charge in [0.05, 0.1) is 6.61 Å².